The molecule has 2 aromatic carbocycles. The number of sulfonamides is 1. The van der Waals surface area contributed by atoms with E-state index in [0.29, 0.717) is 28.8 Å². The van der Waals surface area contributed by atoms with Crippen LogP contribution >= 0.6 is 15.9 Å². The first-order chi connectivity index (χ1) is 9.89. The molecule has 0 atom stereocenters. The Morgan fingerprint density at radius 1 is 1.19 bits per heavy atom. The summed E-state index contributed by atoms with van der Waals surface area (Å²) in [4.78, 5) is 0.0975. The smallest absolute Gasteiger partial charge is 0.264 e. The molecule has 0 aliphatic carbocycles. The second-order valence-corrected chi connectivity index (χ2v) is 7.50. The Morgan fingerprint density at radius 3 is 2.67 bits per heavy atom. The van der Waals surface area contributed by atoms with Crippen molar-refractivity contribution in [2.75, 3.05) is 16.6 Å². The van der Waals surface area contributed by atoms with Gasteiger partial charge in [-0.1, -0.05) is 6.07 Å². The minimum atomic E-state index is -3.74. The topological polar surface area (TPSA) is 63.4 Å². The van der Waals surface area contributed by atoms with Gasteiger partial charge >= 0.3 is 0 Å². The highest BCUT2D eigenvalue weighted by Gasteiger charge is 2.31. The number of fused-ring (bicyclic) bond motifs is 1. The summed E-state index contributed by atoms with van der Waals surface area (Å²) in [6.07, 6.45) is 0.570. The maximum Gasteiger partial charge on any atom is 0.264 e. The van der Waals surface area contributed by atoms with Crippen LogP contribution in [0.25, 0.3) is 0 Å². The number of nitrogens with zero attached hydrogens (tertiary/aromatic N) is 1. The molecule has 1 aliphatic rings. The molecule has 4 nitrogen and oxygen atoms in total. The Morgan fingerprint density at radius 2 is 1.95 bits per heavy atom. The first-order valence-electron chi connectivity index (χ1n) is 6.26. The van der Waals surface area contributed by atoms with E-state index in [0.717, 1.165) is 5.56 Å². The van der Waals surface area contributed by atoms with Crippen LogP contribution in [0.4, 0.5) is 15.8 Å². The SMILES string of the molecule is Nc1cc(S(=O)(=O)N2CCc3ccc(F)cc32)ccc1Br. The number of anilines is 2. The van der Waals surface area contributed by atoms with Crippen LogP contribution < -0.4 is 10.0 Å². The summed E-state index contributed by atoms with van der Waals surface area (Å²) in [5.74, 6) is -0.453. The van der Waals surface area contributed by atoms with Crippen molar-refractivity contribution in [3.05, 3.63) is 52.3 Å². The highest BCUT2D eigenvalue weighted by Crippen LogP contribution is 2.34. The number of halogens is 2. The van der Waals surface area contributed by atoms with Crippen LogP contribution in [0.5, 0.6) is 0 Å². The normalized spacial score (nSPS) is 14.3. The van der Waals surface area contributed by atoms with Crippen molar-refractivity contribution in [2.45, 2.75) is 11.3 Å². The van der Waals surface area contributed by atoms with Crippen molar-refractivity contribution >= 4 is 37.3 Å². The fourth-order valence-electron chi connectivity index (χ4n) is 2.38. The summed E-state index contributed by atoms with van der Waals surface area (Å²) in [5.41, 5.74) is 7.31. The number of benzene rings is 2. The lowest BCUT2D eigenvalue weighted by Crippen LogP contribution is -2.29. The van der Waals surface area contributed by atoms with E-state index in [1.165, 1.54) is 28.6 Å². The molecular formula is C14H12BrFN2O2S. The van der Waals surface area contributed by atoms with Gasteiger partial charge in [-0.15, -0.1) is 0 Å². The minimum absolute atomic E-state index is 0.0975. The zero-order valence-electron chi connectivity index (χ0n) is 10.9. The van der Waals surface area contributed by atoms with Gasteiger partial charge in [-0.05, 0) is 58.2 Å². The molecule has 0 fully saturated rings. The molecule has 110 valence electrons. The Bertz CT molecular complexity index is 824. The fraction of sp³-hybridized carbons (Fsp3) is 0.143. The zero-order chi connectivity index (χ0) is 15.2. The lowest BCUT2D eigenvalue weighted by atomic mass is 10.2. The monoisotopic (exact) mass is 370 g/mol. The van der Waals surface area contributed by atoms with E-state index >= 15 is 0 Å². The number of hydrogen-bond donors (Lipinski definition) is 1. The largest absolute Gasteiger partial charge is 0.398 e. The average Bonchev–Trinajstić information content (AvgIpc) is 2.85. The van der Waals surface area contributed by atoms with E-state index in [1.807, 2.05) is 0 Å². The first kappa shape index (κ1) is 14.3. The van der Waals surface area contributed by atoms with Crippen molar-refractivity contribution < 1.29 is 12.8 Å². The summed E-state index contributed by atoms with van der Waals surface area (Å²) in [6, 6.07) is 8.68. The van der Waals surface area contributed by atoms with E-state index in [-0.39, 0.29) is 4.90 Å². The lowest BCUT2D eigenvalue weighted by Gasteiger charge is -2.20. The molecule has 0 radical (unpaired) electrons. The van der Waals surface area contributed by atoms with Gasteiger partial charge in [0.25, 0.3) is 10.0 Å². The Balaban J connectivity index is 2.09. The third-order valence-electron chi connectivity index (χ3n) is 3.46. The van der Waals surface area contributed by atoms with E-state index in [9.17, 15) is 12.8 Å². The van der Waals surface area contributed by atoms with Gasteiger partial charge in [0.1, 0.15) is 5.82 Å². The van der Waals surface area contributed by atoms with E-state index < -0.39 is 15.8 Å². The second-order valence-electron chi connectivity index (χ2n) is 4.78. The van der Waals surface area contributed by atoms with Gasteiger partial charge in [0.05, 0.1) is 10.6 Å². The highest BCUT2D eigenvalue weighted by molar-refractivity contribution is 9.10. The molecule has 1 heterocycles. The number of nitrogens with two attached hydrogens (primary N) is 1. The number of rotatable bonds is 2. The summed E-state index contributed by atoms with van der Waals surface area (Å²) in [7, 11) is -3.74. The molecule has 0 aromatic heterocycles. The molecule has 0 unspecified atom stereocenters. The summed E-state index contributed by atoms with van der Waals surface area (Å²) in [5, 5.41) is 0. The minimum Gasteiger partial charge on any atom is -0.398 e. The molecular weight excluding hydrogens is 359 g/mol. The van der Waals surface area contributed by atoms with Crippen LogP contribution in [0.15, 0.2) is 45.8 Å². The van der Waals surface area contributed by atoms with Crippen molar-refractivity contribution in [3.8, 4) is 0 Å². The van der Waals surface area contributed by atoms with Crippen LogP contribution in [0.3, 0.4) is 0 Å². The van der Waals surface area contributed by atoms with Gasteiger partial charge in [0.2, 0.25) is 0 Å². The van der Waals surface area contributed by atoms with Gasteiger partial charge in [0, 0.05) is 16.7 Å². The molecule has 3 rings (SSSR count). The molecule has 2 aromatic rings. The molecule has 1 aliphatic heterocycles. The molecule has 0 saturated carbocycles. The van der Waals surface area contributed by atoms with Crippen molar-refractivity contribution in [3.63, 3.8) is 0 Å². The van der Waals surface area contributed by atoms with Gasteiger partial charge in [-0.3, -0.25) is 4.31 Å². The van der Waals surface area contributed by atoms with Crippen LogP contribution in [-0.4, -0.2) is 15.0 Å². The Hall–Kier alpha value is -1.60. The van der Waals surface area contributed by atoms with Gasteiger partial charge < -0.3 is 5.73 Å². The summed E-state index contributed by atoms with van der Waals surface area (Å²) < 4.78 is 40.7. The van der Waals surface area contributed by atoms with Crippen LogP contribution in [0, 0.1) is 5.82 Å². The molecule has 7 heteroatoms. The van der Waals surface area contributed by atoms with Crippen molar-refractivity contribution in [1.29, 1.82) is 0 Å². The predicted octanol–water partition coefficient (Wildman–Crippen LogP) is 2.92. The Labute approximate surface area is 130 Å². The lowest BCUT2D eigenvalue weighted by molar-refractivity contribution is 0.592. The van der Waals surface area contributed by atoms with Crippen molar-refractivity contribution in [2.24, 2.45) is 0 Å². The first-order valence-corrected chi connectivity index (χ1v) is 8.49. The summed E-state index contributed by atoms with van der Waals surface area (Å²) >= 11 is 3.23. The standard InChI is InChI=1S/C14H12BrFN2O2S/c15-12-4-3-11(8-13(12)17)21(19,20)18-6-5-9-1-2-10(16)7-14(9)18/h1-4,7-8H,5-6,17H2. The number of nitrogen functional groups attached to an aromatic ring is 1. The zero-order valence-corrected chi connectivity index (χ0v) is 13.3. The van der Waals surface area contributed by atoms with Crippen LogP contribution in [-0.2, 0) is 16.4 Å². The van der Waals surface area contributed by atoms with Gasteiger partial charge in [-0.25, -0.2) is 12.8 Å². The Kier molecular flexibility index (Phi) is 3.41. The highest BCUT2D eigenvalue weighted by atomic mass is 79.9. The van der Waals surface area contributed by atoms with E-state index in [1.54, 1.807) is 12.1 Å². The third-order valence-corrected chi connectivity index (χ3v) is 5.99. The van der Waals surface area contributed by atoms with E-state index in [2.05, 4.69) is 15.9 Å². The quantitative estimate of drug-likeness (QED) is 0.826. The maximum atomic E-state index is 13.4. The molecule has 0 saturated heterocycles. The second kappa shape index (κ2) is 4.99. The molecule has 0 amide bonds. The fourth-order valence-corrected chi connectivity index (χ4v) is 4.16. The van der Waals surface area contributed by atoms with Gasteiger partial charge in [-0.2, -0.15) is 0 Å². The average molecular weight is 371 g/mol. The van der Waals surface area contributed by atoms with E-state index in [4.69, 9.17) is 5.73 Å². The third kappa shape index (κ3) is 2.40. The van der Waals surface area contributed by atoms with Crippen LogP contribution in [0.1, 0.15) is 5.56 Å². The molecule has 21 heavy (non-hydrogen) atoms. The number of hydrogen-bond acceptors (Lipinski definition) is 3. The van der Waals surface area contributed by atoms with Crippen LogP contribution in [0.2, 0.25) is 0 Å². The predicted molar refractivity (Wildman–Crippen MR) is 83.2 cm³/mol. The van der Waals surface area contributed by atoms with Crippen molar-refractivity contribution in [1.82, 2.24) is 0 Å². The molecule has 0 bridgehead atoms. The maximum absolute atomic E-state index is 13.4. The summed E-state index contributed by atoms with van der Waals surface area (Å²) in [6.45, 7) is 0.303. The molecule has 0 spiro atoms. The van der Waals surface area contributed by atoms with Gasteiger partial charge in [0.15, 0.2) is 0 Å². The molecule has 2 N–H and O–H groups in total.